The number of carbonyl (C=O) groups excluding carboxylic acids is 1. The molecule has 0 saturated heterocycles. The van der Waals surface area contributed by atoms with Crippen molar-refractivity contribution < 1.29 is 13.6 Å². The van der Waals surface area contributed by atoms with Gasteiger partial charge in [0.15, 0.2) is 11.6 Å². The number of aromatic nitrogens is 3. The van der Waals surface area contributed by atoms with Gasteiger partial charge in [0.25, 0.3) is 5.91 Å². The normalized spacial score (nSPS) is 12.5. The van der Waals surface area contributed by atoms with Crippen LogP contribution in [-0.2, 0) is 0 Å². The van der Waals surface area contributed by atoms with Crippen LogP contribution in [0.5, 0.6) is 5.75 Å². The van der Waals surface area contributed by atoms with Gasteiger partial charge in [-0.3, -0.25) is 4.79 Å². The van der Waals surface area contributed by atoms with Crippen molar-refractivity contribution in [1.82, 2.24) is 20.3 Å². The number of ether oxygens (including phenoxy) is 1. The smallest absolute Gasteiger partial charge is 0.254 e. The van der Waals surface area contributed by atoms with Crippen LogP contribution in [0.1, 0.15) is 14.5 Å². The molecule has 1 amide bonds. The maximum absolute atomic E-state index is 12.4. The van der Waals surface area contributed by atoms with Crippen molar-refractivity contribution in [3.63, 3.8) is 0 Å². The molecule has 0 radical (unpaired) electrons. The molecular formula is C18H16ClN5O2. The van der Waals surface area contributed by atoms with Gasteiger partial charge in [0.1, 0.15) is 5.15 Å². The highest BCUT2D eigenvalue weighted by molar-refractivity contribution is 6.29. The molecule has 0 atom stereocenters. The van der Waals surface area contributed by atoms with Gasteiger partial charge >= 0.3 is 0 Å². The van der Waals surface area contributed by atoms with E-state index in [1.165, 1.54) is 19.4 Å². The minimum absolute atomic E-state index is 0.00828. The van der Waals surface area contributed by atoms with E-state index in [-0.39, 0.29) is 16.4 Å². The van der Waals surface area contributed by atoms with E-state index >= 15 is 0 Å². The second-order valence-electron chi connectivity index (χ2n) is 5.09. The molecule has 2 aromatic heterocycles. The maximum atomic E-state index is 12.4. The van der Waals surface area contributed by atoms with Crippen LogP contribution in [0.3, 0.4) is 0 Å². The highest BCUT2D eigenvalue weighted by Crippen LogP contribution is 2.37. The SMILES string of the molecule is [2H]C([2H])([2H])NC(=O)c1cnc(Cl)cc1Nc1cccc(-c2ncccn2)c1OC. The predicted molar refractivity (Wildman–Crippen MR) is 99.9 cm³/mol. The lowest BCUT2D eigenvalue weighted by Gasteiger charge is -2.16. The Labute approximate surface area is 159 Å². The molecule has 0 aliphatic rings. The van der Waals surface area contributed by atoms with Crippen molar-refractivity contribution in [2.45, 2.75) is 0 Å². The van der Waals surface area contributed by atoms with E-state index in [4.69, 9.17) is 20.5 Å². The first-order chi connectivity index (χ1) is 13.8. The molecule has 0 spiro atoms. The van der Waals surface area contributed by atoms with Crippen molar-refractivity contribution in [2.24, 2.45) is 0 Å². The average Bonchev–Trinajstić information content (AvgIpc) is 2.67. The van der Waals surface area contributed by atoms with E-state index in [1.54, 1.807) is 36.7 Å². The molecule has 26 heavy (non-hydrogen) atoms. The van der Waals surface area contributed by atoms with Crippen LogP contribution in [-0.4, -0.2) is 34.9 Å². The number of para-hydroxylation sites is 1. The Morgan fingerprint density at radius 2 is 2.00 bits per heavy atom. The topological polar surface area (TPSA) is 89.0 Å². The third kappa shape index (κ3) is 3.57. The van der Waals surface area contributed by atoms with Crippen LogP contribution in [0.15, 0.2) is 48.9 Å². The standard InChI is InChI=1S/C18H16ClN5O2/c1-20-18(25)12-10-23-15(19)9-14(12)24-13-6-3-5-11(16(13)26-2)17-21-7-4-8-22-17/h3-10H,1-2H3,(H,20,25)(H,23,24)/i1D3. The maximum Gasteiger partial charge on any atom is 0.254 e. The molecule has 3 aromatic rings. The van der Waals surface area contributed by atoms with Gasteiger partial charge in [-0.15, -0.1) is 0 Å². The first-order valence-electron chi connectivity index (χ1n) is 8.98. The molecule has 3 rings (SSSR count). The lowest BCUT2D eigenvalue weighted by molar-refractivity contribution is 0.0963. The molecule has 1 aromatic carbocycles. The van der Waals surface area contributed by atoms with Gasteiger partial charge in [-0.05, 0) is 24.3 Å². The minimum atomic E-state index is -2.64. The van der Waals surface area contributed by atoms with E-state index in [2.05, 4.69) is 20.3 Å². The number of anilines is 2. The molecule has 2 N–H and O–H groups in total. The number of benzene rings is 1. The van der Waals surface area contributed by atoms with Crippen LogP contribution >= 0.6 is 11.6 Å². The Morgan fingerprint density at radius 3 is 2.73 bits per heavy atom. The van der Waals surface area contributed by atoms with Gasteiger partial charge in [-0.25, -0.2) is 15.0 Å². The third-order valence-electron chi connectivity index (χ3n) is 3.52. The molecule has 0 saturated carbocycles. The van der Waals surface area contributed by atoms with Gasteiger partial charge in [0.05, 0.1) is 29.6 Å². The number of nitrogens with zero attached hydrogens (tertiary/aromatic N) is 3. The fraction of sp³-hybridized carbons (Fsp3) is 0.111. The fourth-order valence-electron chi connectivity index (χ4n) is 2.40. The van der Waals surface area contributed by atoms with Crippen molar-refractivity contribution in [1.29, 1.82) is 0 Å². The molecule has 0 unspecified atom stereocenters. The zero-order valence-electron chi connectivity index (χ0n) is 16.7. The van der Waals surface area contributed by atoms with E-state index < -0.39 is 12.9 Å². The van der Waals surface area contributed by atoms with Gasteiger partial charge in [0.2, 0.25) is 0 Å². The minimum Gasteiger partial charge on any atom is -0.494 e. The molecule has 7 nitrogen and oxygen atoms in total. The van der Waals surface area contributed by atoms with E-state index in [9.17, 15) is 4.79 Å². The summed E-state index contributed by atoms with van der Waals surface area (Å²) in [7, 11) is 1.49. The summed E-state index contributed by atoms with van der Waals surface area (Å²) in [5.74, 6) is 0.0770. The molecule has 0 aliphatic carbocycles. The van der Waals surface area contributed by atoms with E-state index in [0.29, 0.717) is 22.8 Å². The van der Waals surface area contributed by atoms with Gasteiger partial charge < -0.3 is 15.4 Å². The van der Waals surface area contributed by atoms with Gasteiger partial charge in [-0.2, -0.15) is 0 Å². The second-order valence-corrected chi connectivity index (χ2v) is 5.48. The summed E-state index contributed by atoms with van der Waals surface area (Å²) in [5, 5.41) is 5.12. The number of carbonyl (C=O) groups is 1. The lowest BCUT2D eigenvalue weighted by Crippen LogP contribution is -2.19. The number of amides is 1. The van der Waals surface area contributed by atoms with Crippen LogP contribution in [0, 0.1) is 0 Å². The van der Waals surface area contributed by atoms with Crippen LogP contribution < -0.4 is 15.4 Å². The summed E-state index contributed by atoms with van der Waals surface area (Å²) >= 11 is 5.98. The summed E-state index contributed by atoms with van der Waals surface area (Å²) < 4.78 is 27.2. The number of hydrogen-bond donors (Lipinski definition) is 2. The highest BCUT2D eigenvalue weighted by atomic mass is 35.5. The van der Waals surface area contributed by atoms with Crippen molar-refractivity contribution in [2.75, 3.05) is 19.4 Å². The van der Waals surface area contributed by atoms with Crippen LogP contribution in [0.25, 0.3) is 11.4 Å². The summed E-state index contributed by atoms with van der Waals surface area (Å²) in [4.78, 5) is 24.7. The van der Waals surface area contributed by atoms with Gasteiger partial charge in [-0.1, -0.05) is 17.7 Å². The Morgan fingerprint density at radius 1 is 1.19 bits per heavy atom. The zero-order valence-corrected chi connectivity index (χ0v) is 14.4. The Bertz CT molecular complexity index is 1030. The fourth-order valence-corrected chi connectivity index (χ4v) is 2.55. The summed E-state index contributed by atoms with van der Waals surface area (Å²) in [5.41, 5.74) is 1.40. The number of pyridine rings is 1. The Kier molecular flexibility index (Phi) is 4.21. The second kappa shape index (κ2) is 7.79. The summed E-state index contributed by atoms with van der Waals surface area (Å²) in [6.07, 6.45) is 4.42. The molecule has 8 heteroatoms. The van der Waals surface area contributed by atoms with Crippen molar-refractivity contribution >= 4 is 28.9 Å². The first kappa shape index (κ1) is 14.0. The third-order valence-corrected chi connectivity index (χ3v) is 3.73. The number of nitrogens with one attached hydrogen (secondary N) is 2. The quantitative estimate of drug-likeness (QED) is 0.668. The Hall–Kier alpha value is -3.19. The molecular weight excluding hydrogens is 354 g/mol. The van der Waals surface area contributed by atoms with Crippen molar-refractivity contribution in [3.8, 4) is 17.1 Å². The predicted octanol–water partition coefficient (Wildman–Crippen LogP) is 3.30. The monoisotopic (exact) mass is 372 g/mol. The molecule has 2 heterocycles. The highest BCUT2D eigenvalue weighted by Gasteiger charge is 2.16. The molecule has 132 valence electrons. The Balaban J connectivity index is 2.03. The molecule has 0 bridgehead atoms. The van der Waals surface area contributed by atoms with Crippen LogP contribution in [0.4, 0.5) is 11.4 Å². The van der Waals surface area contributed by atoms with E-state index in [0.717, 1.165) is 0 Å². The van der Waals surface area contributed by atoms with Crippen LogP contribution in [0.2, 0.25) is 5.15 Å². The number of methoxy groups -OCH3 is 1. The number of hydrogen-bond acceptors (Lipinski definition) is 6. The van der Waals surface area contributed by atoms with Crippen molar-refractivity contribution in [3.05, 3.63) is 59.6 Å². The van der Waals surface area contributed by atoms with E-state index in [1.807, 2.05) is 5.32 Å². The molecule has 0 aliphatic heterocycles. The lowest BCUT2D eigenvalue weighted by atomic mass is 10.1. The number of halogens is 1. The largest absolute Gasteiger partial charge is 0.494 e. The molecule has 0 fully saturated rings. The average molecular weight is 373 g/mol. The number of rotatable bonds is 5. The summed E-state index contributed by atoms with van der Waals surface area (Å²) in [6.45, 7) is -2.64. The zero-order chi connectivity index (χ0) is 21.0. The first-order valence-corrected chi connectivity index (χ1v) is 7.86. The summed E-state index contributed by atoms with van der Waals surface area (Å²) in [6, 6.07) is 8.40. The van der Waals surface area contributed by atoms with Gasteiger partial charge in [0, 0.05) is 29.7 Å².